The Morgan fingerprint density at radius 2 is 2.00 bits per heavy atom. The molecule has 0 amide bonds. The van der Waals surface area contributed by atoms with Crippen LogP contribution in [0.3, 0.4) is 0 Å². The molecule has 4 nitrogen and oxygen atoms in total. The molecule has 0 fully saturated rings. The van der Waals surface area contributed by atoms with Gasteiger partial charge in [0.1, 0.15) is 5.84 Å². The van der Waals surface area contributed by atoms with Crippen LogP contribution in [0.5, 0.6) is 0 Å². The molecule has 0 saturated carbocycles. The molecule has 0 spiro atoms. The second-order valence-electron chi connectivity index (χ2n) is 4.52. The van der Waals surface area contributed by atoms with E-state index in [-0.39, 0.29) is 5.84 Å². The van der Waals surface area contributed by atoms with Gasteiger partial charge in [-0.05, 0) is 18.1 Å². The van der Waals surface area contributed by atoms with Crippen LogP contribution in [0.4, 0.5) is 5.69 Å². The molecule has 0 radical (unpaired) electrons. The SMILES string of the molecule is CC(C)CN(CC/C(N)=N/O)c1ccccc1. The third-order valence-corrected chi connectivity index (χ3v) is 2.47. The average molecular weight is 235 g/mol. The lowest BCUT2D eigenvalue weighted by molar-refractivity contribution is 0.317. The van der Waals surface area contributed by atoms with Crippen LogP contribution in [0.15, 0.2) is 35.5 Å². The van der Waals surface area contributed by atoms with Crippen molar-refractivity contribution in [2.45, 2.75) is 20.3 Å². The molecule has 1 rings (SSSR count). The molecule has 0 aliphatic heterocycles. The van der Waals surface area contributed by atoms with E-state index in [2.05, 4.69) is 36.0 Å². The van der Waals surface area contributed by atoms with Crippen molar-refractivity contribution in [1.29, 1.82) is 0 Å². The van der Waals surface area contributed by atoms with E-state index in [0.29, 0.717) is 12.3 Å². The Morgan fingerprint density at radius 1 is 1.35 bits per heavy atom. The number of para-hydroxylation sites is 1. The minimum Gasteiger partial charge on any atom is -0.409 e. The number of amidine groups is 1. The second kappa shape index (κ2) is 6.78. The molecule has 1 aromatic carbocycles. The molecule has 3 N–H and O–H groups in total. The third-order valence-electron chi connectivity index (χ3n) is 2.47. The highest BCUT2D eigenvalue weighted by molar-refractivity contribution is 5.80. The Morgan fingerprint density at radius 3 is 2.53 bits per heavy atom. The van der Waals surface area contributed by atoms with Gasteiger partial charge in [-0.1, -0.05) is 37.2 Å². The summed E-state index contributed by atoms with van der Waals surface area (Å²) in [7, 11) is 0. The van der Waals surface area contributed by atoms with E-state index in [1.165, 1.54) is 5.69 Å². The number of rotatable bonds is 6. The van der Waals surface area contributed by atoms with Gasteiger partial charge in [0.25, 0.3) is 0 Å². The summed E-state index contributed by atoms with van der Waals surface area (Å²) in [6, 6.07) is 10.2. The molecule has 0 aromatic heterocycles. The molecule has 94 valence electrons. The number of anilines is 1. The molecule has 0 atom stereocenters. The zero-order valence-electron chi connectivity index (χ0n) is 10.5. The smallest absolute Gasteiger partial charge is 0.140 e. The molecule has 4 heteroatoms. The molecule has 1 aromatic rings. The maximum absolute atomic E-state index is 8.54. The van der Waals surface area contributed by atoms with Gasteiger partial charge in [0.15, 0.2) is 0 Å². The summed E-state index contributed by atoms with van der Waals surface area (Å²) in [5, 5.41) is 11.5. The van der Waals surface area contributed by atoms with Gasteiger partial charge in [-0.25, -0.2) is 0 Å². The zero-order valence-corrected chi connectivity index (χ0v) is 10.5. The lowest BCUT2D eigenvalue weighted by atomic mass is 10.1. The fraction of sp³-hybridized carbons (Fsp3) is 0.462. The Bertz CT molecular complexity index is 349. The normalized spacial score (nSPS) is 11.8. The molecule has 0 heterocycles. The summed E-state index contributed by atoms with van der Waals surface area (Å²) in [4.78, 5) is 2.25. The Balaban J connectivity index is 2.67. The summed E-state index contributed by atoms with van der Waals surface area (Å²) in [6.45, 7) is 6.08. The first-order valence-corrected chi connectivity index (χ1v) is 5.90. The van der Waals surface area contributed by atoms with Gasteiger partial charge in [0, 0.05) is 25.2 Å². The Hall–Kier alpha value is -1.71. The van der Waals surface area contributed by atoms with Gasteiger partial charge in [-0.2, -0.15) is 0 Å². The minimum atomic E-state index is 0.273. The van der Waals surface area contributed by atoms with E-state index >= 15 is 0 Å². The highest BCUT2D eigenvalue weighted by atomic mass is 16.4. The van der Waals surface area contributed by atoms with Crippen molar-refractivity contribution in [2.75, 3.05) is 18.0 Å². The van der Waals surface area contributed by atoms with Crippen LogP contribution in [0, 0.1) is 5.92 Å². The van der Waals surface area contributed by atoms with Gasteiger partial charge in [0.2, 0.25) is 0 Å². The number of hydrogen-bond acceptors (Lipinski definition) is 3. The van der Waals surface area contributed by atoms with Crippen LogP contribution in [0.25, 0.3) is 0 Å². The van der Waals surface area contributed by atoms with Crippen LogP contribution < -0.4 is 10.6 Å². The topological polar surface area (TPSA) is 61.8 Å². The minimum absolute atomic E-state index is 0.273. The summed E-state index contributed by atoms with van der Waals surface area (Å²) in [5.74, 6) is 0.845. The van der Waals surface area contributed by atoms with Crippen molar-refractivity contribution in [2.24, 2.45) is 16.8 Å². The molecule has 0 aliphatic rings. The average Bonchev–Trinajstić information content (AvgIpc) is 2.34. The van der Waals surface area contributed by atoms with E-state index in [4.69, 9.17) is 10.9 Å². The fourth-order valence-electron chi connectivity index (χ4n) is 1.70. The molecule has 0 saturated heterocycles. The zero-order chi connectivity index (χ0) is 12.7. The van der Waals surface area contributed by atoms with Crippen LogP contribution in [-0.4, -0.2) is 24.1 Å². The van der Waals surface area contributed by atoms with Crippen LogP contribution in [-0.2, 0) is 0 Å². The summed E-state index contributed by atoms with van der Waals surface area (Å²) >= 11 is 0. The maximum Gasteiger partial charge on any atom is 0.140 e. The van der Waals surface area contributed by atoms with Gasteiger partial charge in [0.05, 0.1) is 0 Å². The second-order valence-corrected chi connectivity index (χ2v) is 4.52. The van der Waals surface area contributed by atoms with Gasteiger partial charge >= 0.3 is 0 Å². The summed E-state index contributed by atoms with van der Waals surface area (Å²) in [5.41, 5.74) is 6.68. The Labute approximate surface area is 103 Å². The van der Waals surface area contributed by atoms with Crippen molar-refractivity contribution in [3.63, 3.8) is 0 Å². The molecule has 17 heavy (non-hydrogen) atoms. The highest BCUT2D eigenvalue weighted by Gasteiger charge is 2.08. The predicted octanol–water partition coefficient (Wildman–Crippen LogP) is 2.29. The standard InChI is InChI=1S/C13H21N3O/c1-11(2)10-16(9-8-13(14)15-17)12-6-4-3-5-7-12/h3-7,11,17H,8-10H2,1-2H3,(H2,14,15). The number of nitrogens with zero attached hydrogens (tertiary/aromatic N) is 2. The van der Waals surface area contributed by atoms with Crippen LogP contribution in [0.2, 0.25) is 0 Å². The van der Waals surface area contributed by atoms with Crippen molar-refractivity contribution in [3.05, 3.63) is 30.3 Å². The third kappa shape index (κ3) is 4.76. The predicted molar refractivity (Wildman–Crippen MR) is 71.5 cm³/mol. The van der Waals surface area contributed by atoms with Crippen LogP contribution >= 0.6 is 0 Å². The number of nitrogens with two attached hydrogens (primary N) is 1. The quantitative estimate of drug-likeness (QED) is 0.344. The van der Waals surface area contributed by atoms with Gasteiger partial charge < -0.3 is 15.8 Å². The summed E-state index contributed by atoms with van der Waals surface area (Å²) in [6.07, 6.45) is 0.568. The molecule has 0 bridgehead atoms. The van der Waals surface area contributed by atoms with Crippen LogP contribution in [0.1, 0.15) is 20.3 Å². The van der Waals surface area contributed by atoms with Crippen molar-refractivity contribution >= 4 is 11.5 Å². The number of oxime groups is 1. The van der Waals surface area contributed by atoms with Gasteiger partial charge in [-0.3, -0.25) is 0 Å². The number of hydrogen-bond donors (Lipinski definition) is 2. The molecular formula is C13H21N3O. The lowest BCUT2D eigenvalue weighted by Gasteiger charge is -2.26. The largest absolute Gasteiger partial charge is 0.409 e. The van der Waals surface area contributed by atoms with Crippen molar-refractivity contribution in [1.82, 2.24) is 0 Å². The highest BCUT2D eigenvalue weighted by Crippen LogP contribution is 2.15. The first-order valence-electron chi connectivity index (χ1n) is 5.90. The molecule has 0 aliphatic carbocycles. The van der Waals surface area contributed by atoms with E-state index < -0.39 is 0 Å². The lowest BCUT2D eigenvalue weighted by Crippen LogP contribution is -2.31. The Kier molecular flexibility index (Phi) is 5.33. The fourth-order valence-corrected chi connectivity index (χ4v) is 1.70. The van der Waals surface area contributed by atoms with E-state index in [0.717, 1.165) is 13.1 Å². The van der Waals surface area contributed by atoms with E-state index in [9.17, 15) is 0 Å². The maximum atomic E-state index is 8.54. The van der Waals surface area contributed by atoms with E-state index in [1.54, 1.807) is 0 Å². The van der Waals surface area contributed by atoms with E-state index in [1.807, 2.05) is 18.2 Å². The number of benzene rings is 1. The summed E-state index contributed by atoms with van der Waals surface area (Å²) < 4.78 is 0. The molecule has 0 unspecified atom stereocenters. The molecular weight excluding hydrogens is 214 g/mol. The first-order chi connectivity index (χ1) is 8.13. The first kappa shape index (κ1) is 13.4. The monoisotopic (exact) mass is 235 g/mol. The van der Waals surface area contributed by atoms with Crippen molar-refractivity contribution < 1.29 is 5.21 Å². The van der Waals surface area contributed by atoms with Crippen molar-refractivity contribution in [3.8, 4) is 0 Å². The van der Waals surface area contributed by atoms with Gasteiger partial charge in [-0.15, -0.1) is 0 Å².